The van der Waals surface area contributed by atoms with Crippen LogP contribution >= 0.6 is 11.6 Å². The molecule has 0 amide bonds. The maximum atomic E-state index is 11.2. The second-order valence-electron chi connectivity index (χ2n) is 3.83. The van der Waals surface area contributed by atoms with Crippen LogP contribution in [0, 0.1) is 10.1 Å². The number of rotatable bonds is 3. The van der Waals surface area contributed by atoms with Crippen LogP contribution in [0.5, 0.6) is 0 Å². The third-order valence-electron chi connectivity index (χ3n) is 2.43. The topological polar surface area (TPSA) is 89.3 Å². The first kappa shape index (κ1) is 12.8. The fourth-order valence-electron chi connectivity index (χ4n) is 1.60. The van der Waals surface area contributed by atoms with E-state index < -0.39 is 14.8 Å². The van der Waals surface area contributed by atoms with Gasteiger partial charge in [0.2, 0.25) is 0 Å². The molecule has 6 nitrogen and oxygen atoms in total. The molecule has 2 rings (SSSR count). The third-order valence-corrected chi connectivity index (χ3v) is 4.14. The number of benzene rings is 1. The van der Waals surface area contributed by atoms with Gasteiger partial charge in [0, 0.05) is 17.5 Å². The lowest BCUT2D eigenvalue weighted by Gasteiger charge is -2.12. The monoisotopic (exact) mass is 288 g/mol. The highest BCUT2D eigenvalue weighted by molar-refractivity contribution is 7.94. The van der Waals surface area contributed by atoms with E-state index >= 15 is 0 Å². The summed E-state index contributed by atoms with van der Waals surface area (Å²) in [6, 6.07) is 3.62. The number of hydrogen-bond donors (Lipinski definition) is 1. The number of nitrogens with one attached hydrogen (secondary N) is 1. The van der Waals surface area contributed by atoms with E-state index in [9.17, 15) is 18.5 Å². The van der Waals surface area contributed by atoms with Crippen molar-refractivity contribution in [2.24, 2.45) is 0 Å². The van der Waals surface area contributed by atoms with E-state index in [2.05, 4.69) is 5.32 Å². The van der Waals surface area contributed by atoms with Crippen molar-refractivity contribution in [1.82, 2.24) is 0 Å². The molecule has 1 aromatic carbocycles. The van der Waals surface area contributed by atoms with Crippen molar-refractivity contribution in [1.29, 1.82) is 0 Å². The Labute approximate surface area is 108 Å². The zero-order valence-electron chi connectivity index (χ0n) is 9.04. The summed E-state index contributed by atoms with van der Waals surface area (Å²) in [6.45, 7) is 0. The van der Waals surface area contributed by atoms with Crippen molar-refractivity contribution in [3.63, 3.8) is 0 Å². The van der Waals surface area contributed by atoms with Gasteiger partial charge in [-0.05, 0) is 6.07 Å². The standard InChI is InChI=1S/C10H9ClN2O4S/c11-9-5-8(13(14)15)1-2-10(9)12-7-3-4-18(16,17)6-7/h1-5,7,12H,6H2/t7-/m1/s1. The highest BCUT2D eigenvalue weighted by Crippen LogP contribution is 2.28. The Morgan fingerprint density at radius 1 is 1.44 bits per heavy atom. The van der Waals surface area contributed by atoms with Crippen LogP contribution in [0.25, 0.3) is 0 Å². The number of non-ortho nitro benzene ring substituents is 1. The van der Waals surface area contributed by atoms with Gasteiger partial charge in [-0.25, -0.2) is 8.42 Å². The SMILES string of the molecule is O=[N+]([O-])c1ccc(N[C@@H]2C=CS(=O)(=O)C2)c(Cl)c1. The molecule has 1 aromatic rings. The number of nitro benzene ring substituents is 1. The van der Waals surface area contributed by atoms with Crippen molar-refractivity contribution in [2.45, 2.75) is 6.04 Å². The van der Waals surface area contributed by atoms with Crippen molar-refractivity contribution < 1.29 is 13.3 Å². The molecule has 8 heteroatoms. The van der Waals surface area contributed by atoms with Gasteiger partial charge in [-0.3, -0.25) is 10.1 Å². The van der Waals surface area contributed by atoms with E-state index in [4.69, 9.17) is 11.6 Å². The molecular formula is C10H9ClN2O4S. The van der Waals surface area contributed by atoms with Crippen LogP contribution in [0.3, 0.4) is 0 Å². The van der Waals surface area contributed by atoms with Crippen molar-refractivity contribution in [3.05, 3.63) is 44.8 Å². The Hall–Kier alpha value is -1.60. The lowest BCUT2D eigenvalue weighted by atomic mass is 10.2. The van der Waals surface area contributed by atoms with Gasteiger partial charge in [0.1, 0.15) is 0 Å². The van der Waals surface area contributed by atoms with Gasteiger partial charge in [0.05, 0.1) is 27.4 Å². The van der Waals surface area contributed by atoms with E-state index in [0.717, 1.165) is 5.41 Å². The van der Waals surface area contributed by atoms with Gasteiger partial charge >= 0.3 is 0 Å². The van der Waals surface area contributed by atoms with Crippen LogP contribution in [-0.4, -0.2) is 25.1 Å². The van der Waals surface area contributed by atoms with Crippen LogP contribution in [0.2, 0.25) is 5.02 Å². The van der Waals surface area contributed by atoms with Crippen LogP contribution in [0.1, 0.15) is 0 Å². The average Bonchev–Trinajstić information content (AvgIpc) is 2.61. The first-order chi connectivity index (χ1) is 8.37. The molecule has 0 spiro atoms. The lowest BCUT2D eigenvalue weighted by molar-refractivity contribution is -0.384. The number of sulfone groups is 1. The highest BCUT2D eigenvalue weighted by atomic mass is 35.5. The molecule has 0 aromatic heterocycles. The van der Waals surface area contributed by atoms with Crippen molar-refractivity contribution >= 4 is 32.8 Å². The number of anilines is 1. The average molecular weight is 289 g/mol. The van der Waals surface area contributed by atoms with Gasteiger partial charge in [-0.2, -0.15) is 0 Å². The first-order valence-electron chi connectivity index (χ1n) is 4.99. The van der Waals surface area contributed by atoms with E-state index in [0.29, 0.717) is 5.69 Å². The molecule has 96 valence electrons. The summed E-state index contributed by atoms with van der Waals surface area (Å²) >= 11 is 5.88. The minimum atomic E-state index is -3.14. The molecule has 0 unspecified atom stereocenters. The van der Waals surface area contributed by atoms with Crippen LogP contribution < -0.4 is 5.32 Å². The fraction of sp³-hybridized carbons (Fsp3) is 0.200. The molecule has 1 atom stereocenters. The fourth-order valence-corrected chi connectivity index (χ4v) is 3.06. The Morgan fingerprint density at radius 3 is 2.67 bits per heavy atom. The predicted molar refractivity (Wildman–Crippen MR) is 68.4 cm³/mol. The number of hydrogen-bond acceptors (Lipinski definition) is 5. The Bertz CT molecular complexity index is 627. The number of nitrogens with zero attached hydrogens (tertiary/aromatic N) is 1. The largest absolute Gasteiger partial charge is 0.377 e. The summed E-state index contributed by atoms with van der Waals surface area (Å²) in [5.41, 5.74) is 0.356. The zero-order valence-corrected chi connectivity index (χ0v) is 10.6. The normalized spacial score (nSPS) is 20.8. The number of nitro groups is 1. The molecule has 1 heterocycles. The summed E-state index contributed by atoms with van der Waals surface area (Å²) in [4.78, 5) is 9.98. The molecule has 18 heavy (non-hydrogen) atoms. The molecule has 0 saturated carbocycles. The Balaban J connectivity index is 2.16. The van der Waals surface area contributed by atoms with Crippen molar-refractivity contribution in [2.75, 3.05) is 11.1 Å². The molecule has 0 saturated heterocycles. The van der Waals surface area contributed by atoms with Crippen LogP contribution in [0.15, 0.2) is 29.7 Å². The van der Waals surface area contributed by atoms with Gasteiger partial charge in [0.15, 0.2) is 9.84 Å². The molecule has 0 aliphatic carbocycles. The maximum absolute atomic E-state index is 11.2. The van der Waals surface area contributed by atoms with Crippen LogP contribution in [-0.2, 0) is 9.84 Å². The smallest absolute Gasteiger partial charge is 0.271 e. The molecule has 0 radical (unpaired) electrons. The lowest BCUT2D eigenvalue weighted by Crippen LogP contribution is -2.21. The van der Waals surface area contributed by atoms with E-state index in [1.807, 2.05) is 0 Å². The Kier molecular flexibility index (Phi) is 3.27. The van der Waals surface area contributed by atoms with Gasteiger partial charge in [0.25, 0.3) is 5.69 Å². The van der Waals surface area contributed by atoms with Crippen molar-refractivity contribution in [3.8, 4) is 0 Å². The van der Waals surface area contributed by atoms with E-state index in [1.165, 1.54) is 24.3 Å². The molecule has 1 aliphatic rings. The minimum Gasteiger partial charge on any atom is -0.377 e. The van der Waals surface area contributed by atoms with Crippen LogP contribution in [0.4, 0.5) is 11.4 Å². The maximum Gasteiger partial charge on any atom is 0.271 e. The molecule has 1 aliphatic heterocycles. The summed E-state index contributed by atoms with van der Waals surface area (Å²) < 4.78 is 22.4. The Morgan fingerprint density at radius 2 is 2.17 bits per heavy atom. The number of halogens is 1. The van der Waals surface area contributed by atoms with Gasteiger partial charge < -0.3 is 5.32 Å². The second kappa shape index (κ2) is 4.58. The third kappa shape index (κ3) is 2.80. The molecular weight excluding hydrogens is 280 g/mol. The van der Waals surface area contributed by atoms with E-state index in [1.54, 1.807) is 0 Å². The highest BCUT2D eigenvalue weighted by Gasteiger charge is 2.22. The molecule has 1 N–H and O–H groups in total. The minimum absolute atomic E-state index is 0.0414. The molecule has 0 fully saturated rings. The first-order valence-corrected chi connectivity index (χ1v) is 7.08. The zero-order chi connectivity index (χ0) is 13.3. The molecule has 0 bridgehead atoms. The van der Waals surface area contributed by atoms with Gasteiger partial charge in [-0.1, -0.05) is 17.7 Å². The predicted octanol–water partition coefficient (Wildman–Crippen LogP) is 1.97. The van der Waals surface area contributed by atoms with E-state index in [-0.39, 0.29) is 22.5 Å². The quantitative estimate of drug-likeness (QED) is 0.678. The summed E-state index contributed by atoms with van der Waals surface area (Å²) in [5.74, 6) is -0.0414. The summed E-state index contributed by atoms with van der Waals surface area (Å²) in [6.07, 6.45) is 1.52. The summed E-state index contributed by atoms with van der Waals surface area (Å²) in [5, 5.41) is 14.8. The summed E-state index contributed by atoms with van der Waals surface area (Å²) in [7, 11) is -3.14. The van der Waals surface area contributed by atoms with Gasteiger partial charge in [-0.15, -0.1) is 0 Å². The second-order valence-corrected chi connectivity index (χ2v) is 6.17.